The molecule has 7 heteroatoms. The minimum atomic E-state index is -0.854. The van der Waals surface area contributed by atoms with Gasteiger partial charge in [0, 0.05) is 6.04 Å². The van der Waals surface area contributed by atoms with Crippen LogP contribution in [-0.4, -0.2) is 38.2 Å². The molecule has 0 saturated heterocycles. The molecule has 1 aromatic carbocycles. The van der Waals surface area contributed by atoms with E-state index in [-0.39, 0.29) is 5.91 Å². The molecular weight excluding hydrogens is 332 g/mol. The predicted octanol–water partition coefficient (Wildman–Crippen LogP) is 1.92. The Hall–Kier alpha value is -1.79. The topological polar surface area (TPSA) is 90.7 Å². The summed E-state index contributed by atoms with van der Waals surface area (Å²) in [5.41, 5.74) is 5.94. The Morgan fingerprint density at radius 2 is 1.96 bits per heavy atom. The lowest BCUT2D eigenvalue weighted by Crippen LogP contribution is -2.52. The number of hydrogen-bond donors (Lipinski definition) is 2. The second-order valence-electron chi connectivity index (χ2n) is 6.22. The van der Waals surface area contributed by atoms with Gasteiger partial charge in [0.25, 0.3) is 0 Å². The lowest BCUT2D eigenvalue weighted by Gasteiger charge is -2.30. The fraction of sp³-hybridized carbons (Fsp3) is 0.529. The first kappa shape index (κ1) is 20.3. The van der Waals surface area contributed by atoms with E-state index >= 15 is 0 Å². The third kappa shape index (κ3) is 4.85. The van der Waals surface area contributed by atoms with Crippen LogP contribution in [0.25, 0.3) is 0 Å². The van der Waals surface area contributed by atoms with Gasteiger partial charge in [0.05, 0.1) is 30.7 Å². The van der Waals surface area contributed by atoms with Gasteiger partial charge in [-0.3, -0.25) is 9.59 Å². The van der Waals surface area contributed by atoms with Gasteiger partial charge in [-0.05, 0) is 44.9 Å². The van der Waals surface area contributed by atoms with Gasteiger partial charge in [-0.25, -0.2) is 0 Å². The van der Waals surface area contributed by atoms with Crippen molar-refractivity contribution in [1.82, 2.24) is 5.32 Å². The monoisotopic (exact) mass is 356 g/mol. The molecule has 24 heavy (non-hydrogen) atoms. The summed E-state index contributed by atoms with van der Waals surface area (Å²) in [6.07, 6.45) is 0.320. The number of esters is 1. The fourth-order valence-corrected chi connectivity index (χ4v) is 2.40. The third-order valence-electron chi connectivity index (χ3n) is 4.16. The summed E-state index contributed by atoms with van der Waals surface area (Å²) in [5, 5.41) is 3.23. The number of amides is 1. The highest BCUT2D eigenvalue weighted by Crippen LogP contribution is 2.25. The zero-order valence-electron chi connectivity index (χ0n) is 14.7. The minimum absolute atomic E-state index is 0.320. The molecule has 0 bridgehead atoms. The van der Waals surface area contributed by atoms with E-state index in [0.29, 0.717) is 17.2 Å². The largest absolute Gasteiger partial charge is 0.495 e. The molecule has 0 aromatic heterocycles. The number of hydrogen-bond acceptors (Lipinski definition) is 5. The van der Waals surface area contributed by atoms with E-state index in [9.17, 15) is 9.59 Å². The summed E-state index contributed by atoms with van der Waals surface area (Å²) >= 11 is 6.07. The van der Waals surface area contributed by atoms with E-state index in [1.165, 1.54) is 14.2 Å². The van der Waals surface area contributed by atoms with E-state index in [2.05, 4.69) is 5.32 Å². The molecule has 0 aliphatic carbocycles. The van der Waals surface area contributed by atoms with Crippen molar-refractivity contribution >= 4 is 23.5 Å². The third-order valence-corrected chi connectivity index (χ3v) is 4.46. The van der Waals surface area contributed by atoms with Crippen LogP contribution >= 0.6 is 11.6 Å². The summed E-state index contributed by atoms with van der Waals surface area (Å²) in [7, 11) is 2.85. The Morgan fingerprint density at radius 3 is 2.46 bits per heavy atom. The molecule has 0 aliphatic heterocycles. The second-order valence-corrected chi connectivity index (χ2v) is 6.63. The molecule has 0 spiro atoms. The molecule has 0 saturated carbocycles. The highest BCUT2D eigenvalue weighted by molar-refractivity contribution is 6.32. The van der Waals surface area contributed by atoms with Crippen LogP contribution in [0.4, 0.5) is 0 Å². The summed E-state index contributed by atoms with van der Waals surface area (Å²) in [4.78, 5) is 24.1. The standard InChI is InChI=1S/C17H25ClN2O4/c1-10(17(2,3)16(22)24-5)20-15(21)13(19)9-11-6-7-14(23-4)12(18)8-11/h6-8,10,13H,9,19H2,1-5H3,(H,20,21)/t10-,13+/m0/s1. The summed E-state index contributed by atoms with van der Waals surface area (Å²) in [6.45, 7) is 5.16. The highest BCUT2D eigenvalue weighted by Gasteiger charge is 2.36. The normalized spacial score (nSPS) is 13.8. The van der Waals surface area contributed by atoms with Gasteiger partial charge in [0.1, 0.15) is 5.75 Å². The quantitative estimate of drug-likeness (QED) is 0.728. The predicted molar refractivity (Wildman–Crippen MR) is 93.1 cm³/mol. The van der Waals surface area contributed by atoms with Gasteiger partial charge in [-0.15, -0.1) is 0 Å². The molecule has 1 aromatic rings. The minimum Gasteiger partial charge on any atom is -0.495 e. The Labute approximate surface area is 147 Å². The van der Waals surface area contributed by atoms with Crippen molar-refractivity contribution in [3.63, 3.8) is 0 Å². The average molecular weight is 357 g/mol. The number of benzene rings is 1. The van der Waals surface area contributed by atoms with Crippen molar-refractivity contribution in [3.8, 4) is 5.75 Å². The average Bonchev–Trinajstić information content (AvgIpc) is 2.53. The van der Waals surface area contributed by atoms with E-state index in [1.54, 1.807) is 39.0 Å². The van der Waals surface area contributed by atoms with Gasteiger partial charge < -0.3 is 20.5 Å². The Morgan fingerprint density at radius 1 is 1.33 bits per heavy atom. The van der Waals surface area contributed by atoms with Gasteiger partial charge in [0.15, 0.2) is 0 Å². The maximum absolute atomic E-state index is 12.3. The number of carbonyl (C=O) groups excluding carboxylic acids is 2. The van der Waals surface area contributed by atoms with Crippen molar-refractivity contribution in [3.05, 3.63) is 28.8 Å². The van der Waals surface area contributed by atoms with Crippen LogP contribution in [0.1, 0.15) is 26.3 Å². The molecule has 0 fully saturated rings. The maximum atomic E-state index is 12.3. The van der Waals surface area contributed by atoms with Crippen LogP contribution in [0, 0.1) is 5.41 Å². The molecule has 6 nitrogen and oxygen atoms in total. The number of halogens is 1. The molecule has 2 atom stereocenters. The van der Waals surface area contributed by atoms with Crippen molar-refractivity contribution in [2.24, 2.45) is 11.1 Å². The number of methoxy groups -OCH3 is 2. The number of nitrogens with one attached hydrogen (secondary N) is 1. The van der Waals surface area contributed by atoms with Gasteiger partial charge in [-0.2, -0.15) is 0 Å². The van der Waals surface area contributed by atoms with Crippen LogP contribution in [0.5, 0.6) is 5.75 Å². The fourth-order valence-electron chi connectivity index (χ4n) is 2.12. The number of nitrogens with two attached hydrogens (primary N) is 1. The zero-order chi connectivity index (χ0) is 18.5. The first-order chi connectivity index (χ1) is 11.1. The van der Waals surface area contributed by atoms with Crippen molar-refractivity contribution < 1.29 is 19.1 Å². The van der Waals surface area contributed by atoms with E-state index in [4.69, 9.17) is 26.8 Å². The van der Waals surface area contributed by atoms with E-state index < -0.39 is 23.5 Å². The molecule has 3 N–H and O–H groups in total. The first-order valence-corrected chi connectivity index (χ1v) is 7.98. The number of ether oxygens (including phenoxy) is 2. The van der Waals surface area contributed by atoms with Crippen LogP contribution < -0.4 is 15.8 Å². The van der Waals surface area contributed by atoms with Crippen molar-refractivity contribution in [2.45, 2.75) is 39.3 Å². The molecule has 0 radical (unpaired) electrons. The molecule has 1 amide bonds. The number of carbonyl (C=O) groups is 2. The summed E-state index contributed by atoms with van der Waals surface area (Å²) in [5.74, 6) is -0.177. The Balaban J connectivity index is 2.71. The Kier molecular flexibility index (Phi) is 7.05. The lowest BCUT2D eigenvalue weighted by molar-refractivity contribution is -0.152. The maximum Gasteiger partial charge on any atom is 0.313 e. The summed E-state index contributed by atoms with van der Waals surface area (Å²) < 4.78 is 9.85. The van der Waals surface area contributed by atoms with E-state index in [0.717, 1.165) is 5.56 Å². The smallest absolute Gasteiger partial charge is 0.313 e. The van der Waals surface area contributed by atoms with Crippen molar-refractivity contribution in [1.29, 1.82) is 0 Å². The molecule has 0 heterocycles. The second kappa shape index (κ2) is 8.35. The molecule has 134 valence electrons. The van der Waals surface area contributed by atoms with Crippen LogP contribution in [0.2, 0.25) is 5.02 Å². The molecule has 0 aliphatic rings. The van der Waals surface area contributed by atoms with Crippen LogP contribution in [-0.2, 0) is 20.7 Å². The van der Waals surface area contributed by atoms with Crippen LogP contribution in [0.15, 0.2) is 18.2 Å². The summed E-state index contributed by atoms with van der Waals surface area (Å²) in [6, 6.07) is 4.06. The lowest BCUT2D eigenvalue weighted by atomic mass is 9.85. The van der Waals surface area contributed by atoms with Gasteiger partial charge >= 0.3 is 5.97 Å². The highest BCUT2D eigenvalue weighted by atomic mass is 35.5. The van der Waals surface area contributed by atoms with Gasteiger partial charge in [-0.1, -0.05) is 17.7 Å². The molecule has 1 rings (SSSR count). The SMILES string of the molecule is COC(=O)C(C)(C)[C@H](C)NC(=O)[C@H](N)Cc1ccc(OC)c(Cl)c1. The van der Waals surface area contributed by atoms with Crippen LogP contribution in [0.3, 0.4) is 0 Å². The van der Waals surface area contributed by atoms with Crippen molar-refractivity contribution in [2.75, 3.05) is 14.2 Å². The number of rotatable bonds is 7. The molecule has 0 unspecified atom stereocenters. The Bertz CT molecular complexity index is 604. The van der Waals surface area contributed by atoms with Gasteiger partial charge in [0.2, 0.25) is 5.91 Å². The van der Waals surface area contributed by atoms with E-state index in [1.807, 2.05) is 0 Å². The first-order valence-electron chi connectivity index (χ1n) is 7.60. The molecular formula is C17H25ClN2O4. The zero-order valence-corrected chi connectivity index (χ0v) is 15.4.